The predicted molar refractivity (Wildman–Crippen MR) is 371 cm³/mol. The van der Waals surface area contributed by atoms with Gasteiger partial charge in [-0.05, 0) is 80.8 Å². The van der Waals surface area contributed by atoms with Crippen LogP contribution in [0.5, 0.6) is 5.75 Å². The number of nitrogens with zero attached hydrogens (tertiary/aromatic N) is 9. The molecule has 1 saturated carbocycles. The van der Waals surface area contributed by atoms with Crippen molar-refractivity contribution < 1.29 is 63.9 Å². The van der Waals surface area contributed by atoms with Crippen molar-refractivity contribution in [3.05, 3.63) is 147 Å². The Labute approximate surface area is 590 Å². The maximum atomic E-state index is 15.3. The number of carboxylic acid groups (broad SMARTS) is 2. The molecule has 7 aromatic heterocycles. The first-order chi connectivity index (χ1) is 47.6. The highest BCUT2D eigenvalue weighted by Gasteiger charge is 2.46. The summed E-state index contributed by atoms with van der Waals surface area (Å²) in [6.07, 6.45) is 1.42. The number of benzene rings is 2. The number of pyridine rings is 1. The van der Waals surface area contributed by atoms with Crippen LogP contribution in [-0.2, 0) is 25.6 Å². The number of phenolic OH excluding ortho intramolecular Hbond substituents is 1. The number of fused-ring (bicyclic) bond motifs is 16. The van der Waals surface area contributed by atoms with Gasteiger partial charge in [-0.2, -0.15) is 0 Å². The summed E-state index contributed by atoms with van der Waals surface area (Å²) in [5, 5.41) is 71.5. The topological polar surface area (TPSA) is 397 Å². The summed E-state index contributed by atoms with van der Waals surface area (Å²) in [7, 11) is 0. The number of aliphatic carboxylic acids is 2. The second-order valence-corrected chi connectivity index (χ2v) is 30.1. The van der Waals surface area contributed by atoms with E-state index in [0.29, 0.717) is 122 Å². The molecule has 0 unspecified atom stereocenters. The number of aromatic hydroxyl groups is 1. The first-order valence-electron chi connectivity index (χ1n) is 31.9. The van der Waals surface area contributed by atoms with E-state index in [1.54, 1.807) is 82.6 Å². The van der Waals surface area contributed by atoms with Gasteiger partial charge in [-0.15, -0.1) is 68.0 Å². The zero-order valence-corrected chi connectivity index (χ0v) is 58.1. The summed E-state index contributed by atoms with van der Waals surface area (Å²) >= 11 is 6.84. The number of aliphatic hydroxyl groups excluding tert-OH is 2. The monoisotopic (exact) mass is 1450 g/mol. The smallest absolute Gasteiger partial charge is 0.306 e. The van der Waals surface area contributed by atoms with Gasteiger partial charge in [0.2, 0.25) is 11.8 Å². The minimum Gasteiger partial charge on any atom is -0.508 e. The van der Waals surface area contributed by atoms with Gasteiger partial charge >= 0.3 is 11.9 Å². The zero-order chi connectivity index (χ0) is 69.8. The number of nitrogens with one attached hydrogen (secondary N) is 3. The quantitative estimate of drug-likeness (QED) is 0.0383. The lowest BCUT2D eigenvalue weighted by molar-refractivity contribution is -0.143. The Morgan fingerprint density at radius 3 is 2.04 bits per heavy atom. The number of hydrogen-bond donors (Lipinski definition) is 9. The Bertz CT molecular complexity index is 4480. The van der Waals surface area contributed by atoms with Crippen molar-refractivity contribution in [2.24, 2.45) is 17.6 Å². The molecule has 9 aromatic rings. The fourth-order valence-electron chi connectivity index (χ4n) is 12.4. The van der Waals surface area contributed by atoms with Gasteiger partial charge in [-0.1, -0.05) is 62.2 Å². The Morgan fingerprint density at radius 2 is 1.30 bits per heavy atom. The van der Waals surface area contributed by atoms with Gasteiger partial charge in [-0.25, -0.2) is 34.9 Å². The largest absolute Gasteiger partial charge is 0.508 e. The third-order valence-electron chi connectivity index (χ3n) is 17.7. The van der Waals surface area contributed by atoms with Gasteiger partial charge in [0.1, 0.15) is 93.8 Å². The molecule has 99 heavy (non-hydrogen) atoms. The number of hydrogen-bond acceptors (Lipinski definition) is 24. The number of thiazole rings is 6. The first-order valence-corrected chi connectivity index (χ1v) is 37.1. The molecule has 6 amide bonds. The van der Waals surface area contributed by atoms with Crippen LogP contribution in [0.25, 0.3) is 43.4 Å². The Hall–Kier alpha value is -9.15. The van der Waals surface area contributed by atoms with Gasteiger partial charge in [-0.3, -0.25) is 38.4 Å². The minimum absolute atomic E-state index is 0.0157. The van der Waals surface area contributed by atoms with Crippen molar-refractivity contribution in [1.82, 2.24) is 60.6 Å². The van der Waals surface area contributed by atoms with Gasteiger partial charge in [0, 0.05) is 75.2 Å². The second-order valence-electron chi connectivity index (χ2n) is 24.5. The van der Waals surface area contributed by atoms with Crippen molar-refractivity contribution >= 4 is 115 Å². The van der Waals surface area contributed by atoms with E-state index < -0.39 is 96.1 Å². The Morgan fingerprint density at radius 1 is 0.657 bits per heavy atom. The lowest BCUT2D eigenvalue weighted by Gasteiger charge is -2.36. The highest BCUT2D eigenvalue weighted by Crippen LogP contribution is 2.43. The number of aliphatic hydroxyl groups is 2. The van der Waals surface area contributed by atoms with E-state index in [4.69, 9.17) is 30.7 Å². The van der Waals surface area contributed by atoms with E-state index in [2.05, 4.69) is 25.9 Å². The maximum absolute atomic E-state index is 15.3. The van der Waals surface area contributed by atoms with E-state index >= 15 is 4.79 Å². The molecule has 2 aliphatic heterocycles. The zero-order valence-electron chi connectivity index (χ0n) is 53.2. The molecule has 3 aliphatic rings. The van der Waals surface area contributed by atoms with Crippen LogP contribution in [0.1, 0.15) is 168 Å². The normalized spacial score (nSPS) is 20.8. The molecule has 1 saturated heterocycles. The number of aryl methyl sites for hydroxylation is 1. The highest BCUT2D eigenvalue weighted by atomic mass is 32.1. The van der Waals surface area contributed by atoms with E-state index in [1.807, 2.05) is 6.92 Å². The fraction of sp³-hybridized carbons (Fsp3) is 0.358. The SMILES string of the molecule is Cc1sc2nc1C(=O)N[C@@H]([C@H](O)c1ccccc1)c1nc(cs1)C(=O)N[C@@H](Cc1ccc(O)cc1)C(=O)N1C[C@H](O)[C@H](C)[C@H]1c1nc(cs1)-c1nc(cs1)-c1nc(-c3nc(C(=O)N(CCCCCCC(=O)O)C4CCC(C(=O)O)CC4)cs3)ccc1-c1nc(cs1)C(=O)N[C@H]2CC(N)=O. The van der Waals surface area contributed by atoms with Gasteiger partial charge in [0.25, 0.3) is 23.6 Å². The van der Waals surface area contributed by atoms with Crippen LogP contribution in [0.4, 0.5) is 0 Å². The predicted octanol–water partition coefficient (Wildman–Crippen LogP) is 9.41. The molecule has 0 spiro atoms. The second kappa shape index (κ2) is 30.5. The van der Waals surface area contributed by atoms with Crippen molar-refractivity contribution in [3.8, 4) is 49.1 Å². The average molecular weight is 1450 g/mol. The number of carbonyl (C=O) groups is 8. The molecule has 9 heterocycles. The van der Waals surface area contributed by atoms with Crippen LogP contribution in [0.15, 0.2) is 93.6 Å². The van der Waals surface area contributed by atoms with Crippen molar-refractivity contribution in [1.29, 1.82) is 0 Å². The van der Waals surface area contributed by atoms with Gasteiger partial charge < -0.3 is 57.0 Å². The van der Waals surface area contributed by atoms with Crippen molar-refractivity contribution in [3.63, 3.8) is 0 Å². The average Bonchev–Trinajstić information content (AvgIpc) is 1.64. The number of carbonyl (C=O) groups excluding carboxylic acids is 6. The molecule has 10 bridgehead atoms. The van der Waals surface area contributed by atoms with Crippen molar-refractivity contribution in [2.75, 3.05) is 13.1 Å². The Kier molecular flexibility index (Phi) is 21.5. The third kappa shape index (κ3) is 15.8. The summed E-state index contributed by atoms with van der Waals surface area (Å²) in [5.41, 5.74) is 8.59. The molecule has 12 rings (SSSR count). The molecular weight excluding hydrogens is 1390 g/mol. The molecule has 26 nitrogen and oxygen atoms in total. The summed E-state index contributed by atoms with van der Waals surface area (Å²) in [6, 6.07) is 13.4. The lowest BCUT2D eigenvalue weighted by atomic mass is 9.85. The van der Waals surface area contributed by atoms with E-state index in [-0.39, 0.29) is 69.9 Å². The molecule has 0 radical (unpaired) electrons. The number of primary amides is 1. The van der Waals surface area contributed by atoms with Crippen LogP contribution >= 0.6 is 68.0 Å². The standard InChI is InChI=1S/C67H67N13O13S6/c1-32-48(82)26-80-54(32)64-75-46(30-98-64)61-72-43(27-95-61)52-39(21-22-40(69-52)60-76-47(31-96-60)66(91)79(23-9-4-3-8-12-50(84)85)37-17-15-36(16-18-37)67(92)93)59-73-44(28-94-59)56(87)70-41(25-49(68)83)62-78-51(33(2)99-62)58(89)77-53(55(86)35-10-6-5-7-11-35)63-74-45(29-97-63)57(88)71-42(65(80)90)24-34-13-19-38(81)20-14-34/h5-7,10-11,13-14,19-22,27-32,36-37,41-42,48,53-55,81-82,86H,3-4,8-9,12,15-18,23-26H2,1-2H3,(H2,68,83)(H,70,87)(H,71,88)(H,77,89)(H,84,85)(H,92,93)/t32-,36?,37?,41-,42-,48-,53-,54-,55+/m0/s1. The highest BCUT2D eigenvalue weighted by molar-refractivity contribution is 7.15. The summed E-state index contributed by atoms with van der Waals surface area (Å²) < 4.78 is 0. The number of nitrogens with two attached hydrogens (primary N) is 1. The number of amides is 6. The first kappa shape index (κ1) is 69.7. The van der Waals surface area contributed by atoms with Crippen LogP contribution in [0, 0.1) is 18.8 Å². The molecule has 1 aliphatic carbocycles. The number of phenols is 1. The van der Waals surface area contributed by atoms with E-state index in [1.165, 1.54) is 61.8 Å². The fourth-order valence-corrected chi connectivity index (χ4v) is 17.7. The summed E-state index contributed by atoms with van der Waals surface area (Å²) in [4.78, 5) is 147. The van der Waals surface area contributed by atoms with Gasteiger partial charge in [0.15, 0.2) is 0 Å². The van der Waals surface area contributed by atoms with E-state index in [0.717, 1.165) is 34.0 Å². The van der Waals surface area contributed by atoms with Crippen LogP contribution < -0.4 is 21.7 Å². The van der Waals surface area contributed by atoms with Crippen LogP contribution in [0.2, 0.25) is 0 Å². The minimum atomic E-state index is -1.43. The van der Waals surface area contributed by atoms with Gasteiger partial charge in [0.05, 0.1) is 36.2 Å². The maximum Gasteiger partial charge on any atom is 0.306 e. The van der Waals surface area contributed by atoms with E-state index in [9.17, 15) is 59.1 Å². The summed E-state index contributed by atoms with van der Waals surface area (Å²) in [5.74, 6) is -6.71. The molecule has 2 aromatic carbocycles. The Balaban J connectivity index is 0.921. The number of unbranched alkanes of at least 4 members (excludes halogenated alkanes) is 3. The molecule has 514 valence electrons. The molecule has 7 atom stereocenters. The molecule has 2 fully saturated rings. The molecule has 10 N–H and O–H groups in total. The number of carboxylic acids is 2. The van der Waals surface area contributed by atoms with Crippen LogP contribution in [0.3, 0.4) is 0 Å². The molecular formula is C67H67N13O13S6. The number of rotatable bonds is 17. The van der Waals surface area contributed by atoms with Crippen molar-refractivity contribution in [2.45, 2.75) is 127 Å². The van der Waals surface area contributed by atoms with Crippen LogP contribution in [-0.4, -0.2) is 149 Å². The lowest BCUT2D eigenvalue weighted by Crippen LogP contribution is -2.50. The summed E-state index contributed by atoms with van der Waals surface area (Å²) in [6.45, 7) is 3.69. The third-order valence-corrected chi connectivity index (χ3v) is 23.3. The molecule has 32 heteroatoms. The number of aromatic nitrogens is 7.